The number of thioether (sulfide) groups is 1. The first-order valence-corrected chi connectivity index (χ1v) is 15.5. The van der Waals surface area contributed by atoms with Crippen LogP contribution in [0.15, 0.2) is 100 Å². The molecule has 0 aliphatic carbocycles. The van der Waals surface area contributed by atoms with Crippen LogP contribution in [0.5, 0.6) is 0 Å². The van der Waals surface area contributed by atoms with Crippen molar-refractivity contribution in [2.75, 3.05) is 33.2 Å². The molecule has 53 heavy (non-hydrogen) atoms. The fourth-order valence-electron chi connectivity index (χ4n) is 4.54. The zero-order chi connectivity index (χ0) is 62.4. The van der Waals surface area contributed by atoms with Crippen molar-refractivity contribution in [3.8, 4) is 11.1 Å². The number of benzene rings is 4. The van der Waals surface area contributed by atoms with E-state index in [9.17, 15) is 24.8 Å². The van der Waals surface area contributed by atoms with E-state index in [1.807, 2.05) is 0 Å². The SMILES string of the molecule is [2H]c1c([2H])c(F)c(F)c(C([2H])([2H])Sc2c([2H])c(=O)c3c([2H])c([2H])c([2H])c([2H])c3n2CC(=O)N(Cc2c([2H])c([2H])c(-c3c([2H])c([2H])c(C(F)(F)F)c(C)c3[2H])c([2H])c2[2H])C2([2H])C([2H])([2H])C([2H])([2H])N(CC([2H])([2H])OC)C([2H])([2H])C2([2H])[2H])c1[2H]. The van der Waals surface area contributed by atoms with Gasteiger partial charge in [-0.15, -0.1) is 11.8 Å². The van der Waals surface area contributed by atoms with Crippen LogP contribution in [0.4, 0.5) is 22.0 Å². The lowest BCUT2D eigenvalue weighted by Gasteiger charge is -2.39. The first kappa shape index (κ1) is 16.5. The van der Waals surface area contributed by atoms with Gasteiger partial charge in [0, 0.05) is 75.6 Å². The second-order valence-corrected chi connectivity index (χ2v) is 11.3. The molecule has 12 heteroatoms. The zero-order valence-corrected chi connectivity index (χ0v) is 27.8. The minimum atomic E-state index is -5.35. The molecule has 0 unspecified atom stereocenters. The molecule has 0 bridgehead atoms. The van der Waals surface area contributed by atoms with E-state index in [4.69, 9.17) is 31.5 Å². The summed E-state index contributed by atoms with van der Waals surface area (Å²) in [4.78, 5) is 28.9. The summed E-state index contributed by atoms with van der Waals surface area (Å²) in [6, 6.07) is -25.8. The predicted molar refractivity (Wildman–Crippen MR) is 198 cm³/mol. The van der Waals surface area contributed by atoms with Crippen LogP contribution < -0.4 is 5.43 Å². The van der Waals surface area contributed by atoms with Gasteiger partial charge in [0.05, 0.1) is 47.3 Å². The third kappa shape index (κ3) is 9.00. The van der Waals surface area contributed by atoms with Crippen LogP contribution in [0.3, 0.4) is 0 Å². The number of piperidine rings is 1. The molecule has 2 heterocycles. The van der Waals surface area contributed by atoms with Gasteiger partial charge in [-0.1, -0.05) is 60.4 Å². The fourth-order valence-corrected chi connectivity index (χ4v) is 5.28. The molecule has 1 aliphatic heterocycles. The number of hydrogen-bond acceptors (Lipinski definition) is 5. The number of alkyl halides is 3. The summed E-state index contributed by atoms with van der Waals surface area (Å²) in [5, 5.41) is -2.59. The molecule has 5 aromatic rings. The molecular formula is C41H40F5N3O3S. The van der Waals surface area contributed by atoms with Gasteiger partial charge in [0.1, 0.15) is 6.54 Å². The number of aromatic nitrogens is 1. The van der Waals surface area contributed by atoms with Crippen molar-refractivity contribution in [3.05, 3.63) is 135 Å². The summed E-state index contributed by atoms with van der Waals surface area (Å²) in [6.07, 6.45) is -14.4. The number of fused-ring (bicyclic) bond motifs is 1. The number of nitrogens with zero attached hydrogens (tertiary/aromatic N) is 3. The van der Waals surface area contributed by atoms with Gasteiger partial charge in [0.15, 0.2) is 17.1 Å². The van der Waals surface area contributed by atoms with E-state index in [0.717, 1.165) is 0 Å². The third-order valence-corrected chi connectivity index (χ3v) is 7.85. The molecular weight excluding hydrogens is 710 g/mol. The van der Waals surface area contributed by atoms with Crippen LogP contribution in [0.2, 0.25) is 0 Å². The molecule has 1 aromatic heterocycles. The van der Waals surface area contributed by atoms with Crippen LogP contribution in [0.25, 0.3) is 22.0 Å². The van der Waals surface area contributed by atoms with Crippen LogP contribution >= 0.6 is 11.8 Å². The Morgan fingerprint density at radius 3 is 2.45 bits per heavy atom. The zero-order valence-electron chi connectivity index (χ0n) is 55.0. The summed E-state index contributed by atoms with van der Waals surface area (Å²) in [6.45, 7) is -16.7. The van der Waals surface area contributed by atoms with Gasteiger partial charge in [0.25, 0.3) is 0 Å². The Morgan fingerprint density at radius 2 is 1.74 bits per heavy atom. The summed E-state index contributed by atoms with van der Waals surface area (Å²) < 4.78 is 323. The molecule has 0 atom stereocenters. The highest BCUT2D eigenvalue weighted by molar-refractivity contribution is 7.98. The summed E-state index contributed by atoms with van der Waals surface area (Å²) in [5.41, 5.74) is -14.8. The van der Waals surface area contributed by atoms with Crippen molar-refractivity contribution in [1.82, 2.24) is 14.4 Å². The summed E-state index contributed by atoms with van der Waals surface area (Å²) in [5.74, 6) is -6.67. The van der Waals surface area contributed by atoms with Crippen LogP contribution in [-0.2, 0) is 34.5 Å². The number of halogens is 5. The van der Waals surface area contributed by atoms with Crippen molar-refractivity contribution >= 4 is 28.6 Å². The fraction of sp³-hybridized carbons (Fsp3) is 0.317. The minimum absolute atomic E-state index is 0.127. The molecule has 0 spiro atoms. The van der Waals surface area contributed by atoms with Crippen molar-refractivity contribution in [1.29, 1.82) is 0 Å². The molecule has 0 N–H and O–H groups in total. The highest BCUT2D eigenvalue weighted by Gasteiger charge is 2.32. The van der Waals surface area contributed by atoms with Crippen LogP contribution in [0.1, 0.15) is 73.4 Å². The normalized spacial score (nSPS) is 26.7. The second-order valence-electron chi connectivity index (χ2n) is 10.5. The van der Waals surface area contributed by atoms with Crippen molar-refractivity contribution in [2.45, 2.75) is 55.7 Å². The van der Waals surface area contributed by atoms with Crippen molar-refractivity contribution in [2.24, 2.45) is 0 Å². The Labute approximate surface area is 348 Å². The molecule has 278 valence electrons. The standard InChI is InChI=1S/C41H40F5N3O3S/c1-27-22-30(14-15-34(27)41(44,45)46)29-12-10-28(11-13-29)24-48(32-16-18-47(19-17-32)20-21-52-2)38(51)25-49-36-9-4-3-7-33(36)37(50)23-39(49)53-26-31-6-5-8-35(42)40(31)43/h3-15,22-23,32H,16-21,24-26H2,1-2H3/i3D,4D,5D,6D,7D,8D,9D,10D,11D,12D,13D,14D,15D,16D2,17D2,18D2,19D2,21D2,22D,23D,26D2,32D. The first-order valence-electron chi connectivity index (χ1n) is 28.7. The number of hydrogen-bond donors (Lipinski definition) is 0. The lowest BCUT2D eigenvalue weighted by molar-refractivity contribution is -0.138. The number of pyridine rings is 1. The van der Waals surface area contributed by atoms with E-state index < -0.39 is 249 Å². The molecule has 4 aromatic carbocycles. The van der Waals surface area contributed by atoms with E-state index in [2.05, 4.69) is 4.74 Å². The topological polar surface area (TPSA) is 54.8 Å². The number of amides is 1. The quantitative estimate of drug-likeness (QED) is 0.0938. The van der Waals surface area contributed by atoms with E-state index >= 15 is 13.6 Å². The van der Waals surface area contributed by atoms with Gasteiger partial charge >= 0.3 is 6.18 Å². The maximum Gasteiger partial charge on any atom is 0.416 e. The number of ether oxygens (including phenoxy) is 1. The summed E-state index contributed by atoms with van der Waals surface area (Å²) in [7, 11) is 0.694. The Kier molecular flexibility index (Phi) is 5.17. The lowest BCUT2D eigenvalue weighted by atomic mass is 9.98. The Bertz CT molecular complexity index is 3470. The van der Waals surface area contributed by atoms with Gasteiger partial charge in [0.2, 0.25) is 5.91 Å². The number of methoxy groups -OCH3 is 1. The number of carbonyl (C=O) groups excluding carboxylic acids is 1. The highest BCUT2D eigenvalue weighted by atomic mass is 32.2. The molecule has 0 radical (unpaired) electrons. The summed E-state index contributed by atoms with van der Waals surface area (Å²) >= 11 is -0.600. The van der Waals surface area contributed by atoms with Crippen LogP contribution in [-0.4, -0.2) is 59.5 Å². The van der Waals surface area contributed by atoms with Crippen molar-refractivity contribution in [3.63, 3.8) is 0 Å². The number of rotatable bonds is 12. The van der Waals surface area contributed by atoms with E-state index in [0.29, 0.717) is 14.0 Å². The Balaban J connectivity index is 1.76. The maximum absolute atomic E-state index is 15.7. The van der Waals surface area contributed by atoms with Gasteiger partial charge in [-0.25, -0.2) is 8.78 Å². The molecule has 1 fully saturated rings. The minimum Gasteiger partial charge on any atom is -0.383 e. The average molecular weight is 778 g/mol. The molecule has 1 amide bonds. The van der Waals surface area contributed by atoms with Gasteiger partial charge in [-0.3, -0.25) is 9.59 Å². The smallest absolute Gasteiger partial charge is 0.383 e. The first-order chi connectivity index (χ1) is 36.5. The Morgan fingerprint density at radius 1 is 1.02 bits per heavy atom. The number of carbonyl (C=O) groups is 1. The molecule has 1 aliphatic rings. The molecule has 0 saturated carbocycles. The molecule has 6 nitrogen and oxygen atoms in total. The average Bonchev–Trinajstić information content (AvgIpc) is 2.70. The van der Waals surface area contributed by atoms with Gasteiger partial charge in [-0.2, -0.15) is 13.2 Å². The van der Waals surface area contributed by atoms with Gasteiger partial charge in [-0.05, 0) is 66.1 Å². The predicted octanol–water partition coefficient (Wildman–Crippen LogP) is 8.71. The number of likely N-dealkylation sites (tertiary alicyclic amines) is 1. The van der Waals surface area contributed by atoms with E-state index in [1.54, 1.807) is 0 Å². The molecule has 6 rings (SSSR count). The van der Waals surface area contributed by atoms with Gasteiger partial charge < -0.3 is 19.1 Å². The maximum atomic E-state index is 15.7. The second kappa shape index (κ2) is 16.7. The van der Waals surface area contributed by atoms with Crippen molar-refractivity contribution < 1.29 is 69.9 Å². The number of para-hydroxylation sites is 1. The highest BCUT2D eigenvalue weighted by Crippen LogP contribution is 2.34. The monoisotopic (exact) mass is 777 g/mol. The lowest BCUT2D eigenvalue weighted by Crippen LogP contribution is -2.48. The largest absolute Gasteiger partial charge is 0.416 e. The van der Waals surface area contributed by atoms with E-state index in [-0.39, 0.29) is 9.47 Å². The third-order valence-electron chi connectivity index (χ3n) is 7.03. The Hall–Kier alpha value is -4.52. The van der Waals surface area contributed by atoms with Crippen LogP contribution in [0, 0.1) is 18.6 Å². The van der Waals surface area contributed by atoms with E-state index in [1.165, 1.54) is 0 Å². The molecule has 1 saturated heterocycles.